The Morgan fingerprint density at radius 3 is 2.75 bits per heavy atom. The number of rotatable bonds is 6. The lowest BCUT2D eigenvalue weighted by Crippen LogP contribution is -2.32. The van der Waals surface area contributed by atoms with Crippen LogP contribution in [-0.2, 0) is 20.9 Å². The van der Waals surface area contributed by atoms with E-state index in [4.69, 9.17) is 9.47 Å². The molecule has 16 heavy (non-hydrogen) atoms. The van der Waals surface area contributed by atoms with Gasteiger partial charge in [0.05, 0.1) is 13.0 Å². The van der Waals surface area contributed by atoms with Gasteiger partial charge < -0.3 is 9.47 Å². The van der Waals surface area contributed by atoms with Crippen LogP contribution in [0.1, 0.15) is 24.8 Å². The molecule has 1 unspecified atom stereocenters. The van der Waals surface area contributed by atoms with Crippen molar-refractivity contribution < 1.29 is 14.3 Å². The van der Waals surface area contributed by atoms with Gasteiger partial charge in [-0.05, 0) is 18.4 Å². The van der Waals surface area contributed by atoms with Crippen molar-refractivity contribution in [1.29, 1.82) is 0 Å². The maximum Gasteiger partial charge on any atom is 0.309 e. The minimum Gasteiger partial charge on any atom is -0.462 e. The van der Waals surface area contributed by atoms with Crippen LogP contribution in [0.5, 0.6) is 0 Å². The first-order valence-electron chi connectivity index (χ1n) is 5.66. The van der Waals surface area contributed by atoms with E-state index < -0.39 is 0 Å². The van der Waals surface area contributed by atoms with Gasteiger partial charge >= 0.3 is 5.97 Å². The standard InChI is InChI=1S/C13H16O3/c14-13-9-12(16-13)7-4-8-15-10-11-5-2-1-3-6-11/h1-3,5-6,12H,4,7-10H2. The lowest BCUT2D eigenvalue weighted by atomic mass is 10.1. The van der Waals surface area contributed by atoms with E-state index in [1.54, 1.807) is 0 Å². The first kappa shape index (κ1) is 11.1. The van der Waals surface area contributed by atoms with Crippen LogP contribution in [0.25, 0.3) is 0 Å². The van der Waals surface area contributed by atoms with Crippen molar-refractivity contribution in [2.45, 2.75) is 32.0 Å². The fourth-order valence-corrected chi connectivity index (χ4v) is 1.70. The summed E-state index contributed by atoms with van der Waals surface area (Å²) in [6, 6.07) is 10.1. The maximum absolute atomic E-state index is 10.5. The first-order valence-corrected chi connectivity index (χ1v) is 5.66. The van der Waals surface area contributed by atoms with Gasteiger partial charge in [-0.3, -0.25) is 4.79 Å². The smallest absolute Gasteiger partial charge is 0.309 e. The molecule has 0 aromatic heterocycles. The predicted molar refractivity (Wildman–Crippen MR) is 59.8 cm³/mol. The average Bonchev–Trinajstić information content (AvgIpc) is 2.27. The fourth-order valence-electron chi connectivity index (χ4n) is 1.70. The van der Waals surface area contributed by atoms with Gasteiger partial charge in [0.2, 0.25) is 0 Å². The molecule has 0 saturated carbocycles. The minimum absolute atomic E-state index is 0.0739. The molecule has 1 fully saturated rings. The molecular formula is C13H16O3. The van der Waals surface area contributed by atoms with E-state index in [1.165, 1.54) is 5.56 Å². The Bertz CT molecular complexity index is 326. The summed E-state index contributed by atoms with van der Waals surface area (Å²) in [5, 5.41) is 0. The van der Waals surface area contributed by atoms with Crippen LogP contribution in [0, 0.1) is 0 Å². The number of carbonyl (C=O) groups is 1. The topological polar surface area (TPSA) is 35.5 Å². The molecule has 2 rings (SSSR count). The molecule has 1 aliphatic heterocycles. The SMILES string of the molecule is O=C1CC(CCCOCc2ccccc2)O1. The Labute approximate surface area is 95.4 Å². The lowest BCUT2D eigenvalue weighted by molar-refractivity contribution is -0.170. The van der Waals surface area contributed by atoms with Crippen LogP contribution in [0.15, 0.2) is 30.3 Å². The molecule has 0 radical (unpaired) electrons. The van der Waals surface area contributed by atoms with Crippen molar-refractivity contribution in [3.63, 3.8) is 0 Å². The third-order valence-corrected chi connectivity index (χ3v) is 2.62. The maximum atomic E-state index is 10.5. The second-order valence-electron chi connectivity index (χ2n) is 4.00. The zero-order valence-electron chi connectivity index (χ0n) is 9.22. The first-order chi connectivity index (χ1) is 7.84. The third kappa shape index (κ3) is 3.35. The van der Waals surface area contributed by atoms with Crippen LogP contribution in [0.4, 0.5) is 0 Å². The van der Waals surface area contributed by atoms with Gasteiger partial charge in [-0.15, -0.1) is 0 Å². The summed E-state index contributed by atoms with van der Waals surface area (Å²) in [5.41, 5.74) is 1.19. The van der Waals surface area contributed by atoms with E-state index in [0.717, 1.165) is 19.4 Å². The molecule has 3 heteroatoms. The Balaban J connectivity index is 1.51. The van der Waals surface area contributed by atoms with Crippen molar-refractivity contribution in [3.05, 3.63) is 35.9 Å². The van der Waals surface area contributed by atoms with Gasteiger partial charge in [0.25, 0.3) is 0 Å². The molecule has 0 amide bonds. The van der Waals surface area contributed by atoms with E-state index in [0.29, 0.717) is 13.0 Å². The Morgan fingerprint density at radius 1 is 1.31 bits per heavy atom. The van der Waals surface area contributed by atoms with Crippen LogP contribution in [0.3, 0.4) is 0 Å². The summed E-state index contributed by atoms with van der Waals surface area (Å²) >= 11 is 0. The highest BCUT2D eigenvalue weighted by Gasteiger charge is 2.27. The molecule has 1 aliphatic rings. The number of hydrogen-bond donors (Lipinski definition) is 0. The van der Waals surface area contributed by atoms with Crippen LogP contribution in [0.2, 0.25) is 0 Å². The average molecular weight is 220 g/mol. The molecule has 1 saturated heterocycles. The highest BCUT2D eigenvalue weighted by atomic mass is 16.6. The van der Waals surface area contributed by atoms with E-state index in [1.807, 2.05) is 30.3 Å². The van der Waals surface area contributed by atoms with Crippen molar-refractivity contribution in [2.75, 3.05) is 6.61 Å². The normalized spacial score (nSPS) is 19.0. The number of benzene rings is 1. The van der Waals surface area contributed by atoms with Crippen LogP contribution >= 0.6 is 0 Å². The largest absolute Gasteiger partial charge is 0.462 e. The summed E-state index contributed by atoms with van der Waals surface area (Å²) < 4.78 is 10.4. The summed E-state index contributed by atoms with van der Waals surface area (Å²) in [7, 11) is 0. The minimum atomic E-state index is -0.0739. The summed E-state index contributed by atoms with van der Waals surface area (Å²) in [6.07, 6.45) is 2.59. The Morgan fingerprint density at radius 2 is 2.06 bits per heavy atom. The van der Waals surface area contributed by atoms with Gasteiger partial charge in [0.15, 0.2) is 0 Å². The highest BCUT2D eigenvalue weighted by Crippen LogP contribution is 2.18. The molecule has 0 aliphatic carbocycles. The highest BCUT2D eigenvalue weighted by molar-refractivity contribution is 5.75. The third-order valence-electron chi connectivity index (χ3n) is 2.62. The fraction of sp³-hybridized carbons (Fsp3) is 0.462. The summed E-state index contributed by atoms with van der Waals surface area (Å²) in [5.74, 6) is -0.0739. The van der Waals surface area contributed by atoms with Crippen molar-refractivity contribution >= 4 is 5.97 Å². The molecule has 1 heterocycles. The number of hydrogen-bond acceptors (Lipinski definition) is 3. The molecule has 0 bridgehead atoms. The van der Waals surface area contributed by atoms with Gasteiger partial charge in [0, 0.05) is 6.61 Å². The van der Waals surface area contributed by atoms with Gasteiger partial charge in [0.1, 0.15) is 6.10 Å². The Hall–Kier alpha value is -1.35. The predicted octanol–water partition coefficient (Wildman–Crippen LogP) is 2.30. The van der Waals surface area contributed by atoms with Gasteiger partial charge in [-0.2, -0.15) is 0 Å². The van der Waals surface area contributed by atoms with Crippen LogP contribution < -0.4 is 0 Å². The number of carbonyl (C=O) groups excluding carboxylic acids is 1. The monoisotopic (exact) mass is 220 g/mol. The second kappa shape index (κ2) is 5.66. The van der Waals surface area contributed by atoms with Crippen molar-refractivity contribution in [2.24, 2.45) is 0 Å². The Kier molecular flexibility index (Phi) is 3.94. The number of esters is 1. The van der Waals surface area contributed by atoms with Crippen LogP contribution in [-0.4, -0.2) is 18.7 Å². The molecule has 3 nitrogen and oxygen atoms in total. The zero-order valence-corrected chi connectivity index (χ0v) is 9.22. The van der Waals surface area contributed by atoms with Crippen molar-refractivity contribution in [3.8, 4) is 0 Å². The van der Waals surface area contributed by atoms with E-state index >= 15 is 0 Å². The summed E-state index contributed by atoms with van der Waals surface area (Å²) in [6.45, 7) is 1.38. The lowest BCUT2D eigenvalue weighted by Gasteiger charge is -2.25. The molecule has 1 aromatic rings. The molecule has 1 aromatic carbocycles. The number of cyclic esters (lactones) is 1. The van der Waals surface area contributed by atoms with Gasteiger partial charge in [-0.1, -0.05) is 30.3 Å². The van der Waals surface area contributed by atoms with E-state index in [9.17, 15) is 4.79 Å². The zero-order chi connectivity index (χ0) is 11.2. The molecule has 0 spiro atoms. The quantitative estimate of drug-likeness (QED) is 0.545. The van der Waals surface area contributed by atoms with Crippen molar-refractivity contribution in [1.82, 2.24) is 0 Å². The summed E-state index contributed by atoms with van der Waals surface area (Å²) in [4.78, 5) is 10.5. The van der Waals surface area contributed by atoms with Gasteiger partial charge in [-0.25, -0.2) is 0 Å². The second-order valence-corrected chi connectivity index (χ2v) is 4.00. The molecule has 1 atom stereocenters. The van der Waals surface area contributed by atoms with E-state index in [2.05, 4.69) is 0 Å². The molecule has 86 valence electrons. The molecular weight excluding hydrogens is 204 g/mol. The van der Waals surface area contributed by atoms with E-state index in [-0.39, 0.29) is 12.1 Å². The molecule has 0 N–H and O–H groups in total. The number of ether oxygens (including phenoxy) is 2.